The molecule has 30 heavy (non-hydrogen) atoms. The molecular weight excluding hydrogens is 420 g/mol. The average Bonchev–Trinajstić information content (AvgIpc) is 3.15. The van der Waals surface area contributed by atoms with Gasteiger partial charge < -0.3 is 0 Å². The molecule has 0 N–H and O–H groups in total. The van der Waals surface area contributed by atoms with Gasteiger partial charge in [0.25, 0.3) is 0 Å². The van der Waals surface area contributed by atoms with Crippen LogP contribution >= 0.6 is 11.6 Å². The molecule has 1 aromatic carbocycles. The van der Waals surface area contributed by atoms with Crippen LogP contribution in [0.1, 0.15) is 37.1 Å². The first-order chi connectivity index (χ1) is 14.4. The molecule has 4 rings (SSSR count). The third-order valence-electron chi connectivity index (χ3n) is 5.67. The van der Waals surface area contributed by atoms with Gasteiger partial charge in [-0.1, -0.05) is 29.8 Å². The van der Waals surface area contributed by atoms with E-state index >= 15 is 0 Å². The fraction of sp³-hybridized carbons (Fsp3) is 0.364. The lowest BCUT2D eigenvalue weighted by Gasteiger charge is -2.31. The zero-order chi connectivity index (χ0) is 21.3. The van der Waals surface area contributed by atoms with E-state index in [2.05, 4.69) is 5.10 Å². The summed E-state index contributed by atoms with van der Waals surface area (Å²) in [6.07, 6.45) is 3.18. The van der Waals surface area contributed by atoms with Crippen molar-refractivity contribution in [3.63, 3.8) is 0 Å². The Morgan fingerprint density at radius 1 is 1.20 bits per heavy atom. The van der Waals surface area contributed by atoms with Crippen LogP contribution in [0.25, 0.3) is 11.3 Å². The molecule has 0 saturated carbocycles. The summed E-state index contributed by atoms with van der Waals surface area (Å²) in [5, 5.41) is 4.88. The van der Waals surface area contributed by atoms with E-state index in [0.717, 1.165) is 29.8 Å². The Morgan fingerprint density at radius 3 is 2.73 bits per heavy atom. The summed E-state index contributed by atoms with van der Waals surface area (Å²) in [6.45, 7) is 5.34. The maximum absolute atomic E-state index is 13.3. The topological polar surface area (TPSA) is 68.1 Å². The zero-order valence-corrected chi connectivity index (χ0v) is 18.7. The summed E-state index contributed by atoms with van der Waals surface area (Å²) in [5.41, 5.74) is 3.39. The minimum Gasteiger partial charge on any atom is -0.269 e. The molecule has 0 aliphatic carbocycles. The number of hydrogen-bond donors (Lipinski definition) is 0. The molecule has 0 bridgehead atoms. The van der Waals surface area contributed by atoms with Gasteiger partial charge in [0, 0.05) is 41.8 Å². The number of hydrogen-bond acceptors (Lipinski definition) is 4. The van der Waals surface area contributed by atoms with Crippen LogP contribution in [0, 0.1) is 6.92 Å². The van der Waals surface area contributed by atoms with Crippen molar-refractivity contribution in [2.75, 3.05) is 13.1 Å². The Hall–Kier alpha value is -2.22. The highest BCUT2D eigenvalue weighted by Gasteiger charge is 2.33. The van der Waals surface area contributed by atoms with Gasteiger partial charge in [-0.05, 0) is 51.0 Å². The smallest absolute Gasteiger partial charge is 0.246 e. The van der Waals surface area contributed by atoms with Crippen molar-refractivity contribution in [2.45, 2.75) is 44.0 Å². The molecule has 1 saturated heterocycles. The van der Waals surface area contributed by atoms with Gasteiger partial charge in [0.2, 0.25) is 10.0 Å². The minimum atomic E-state index is -3.59. The number of halogens is 1. The van der Waals surface area contributed by atoms with E-state index in [1.54, 1.807) is 15.9 Å². The van der Waals surface area contributed by atoms with Crippen LogP contribution < -0.4 is 0 Å². The molecule has 1 atom stereocenters. The maximum atomic E-state index is 13.3. The molecule has 0 amide bonds. The molecule has 158 valence electrons. The molecule has 3 heterocycles. The Bertz CT molecular complexity index is 1160. The highest BCUT2D eigenvalue weighted by Crippen LogP contribution is 2.31. The molecule has 2 aromatic heterocycles. The van der Waals surface area contributed by atoms with Crippen molar-refractivity contribution in [2.24, 2.45) is 0 Å². The Kier molecular flexibility index (Phi) is 5.95. The number of pyridine rings is 1. The molecule has 3 aromatic rings. The van der Waals surface area contributed by atoms with Crippen LogP contribution in [0.4, 0.5) is 0 Å². The van der Waals surface area contributed by atoms with E-state index in [1.165, 1.54) is 6.20 Å². The van der Waals surface area contributed by atoms with Crippen molar-refractivity contribution >= 4 is 21.6 Å². The molecule has 6 nitrogen and oxygen atoms in total. The van der Waals surface area contributed by atoms with Gasteiger partial charge in [0.15, 0.2) is 0 Å². The van der Waals surface area contributed by atoms with E-state index in [-0.39, 0.29) is 5.92 Å². The number of rotatable bonds is 5. The van der Waals surface area contributed by atoms with Crippen LogP contribution in [-0.2, 0) is 16.6 Å². The molecule has 1 aliphatic rings. The first-order valence-corrected chi connectivity index (χ1v) is 12.0. The van der Waals surface area contributed by atoms with Gasteiger partial charge in [0.05, 0.1) is 17.6 Å². The van der Waals surface area contributed by atoms with Crippen LogP contribution in [0.15, 0.2) is 53.6 Å². The van der Waals surface area contributed by atoms with Crippen LogP contribution in [0.5, 0.6) is 0 Å². The first kappa shape index (κ1) is 21.0. The van der Waals surface area contributed by atoms with Crippen molar-refractivity contribution in [1.29, 1.82) is 0 Å². The predicted octanol–water partition coefficient (Wildman–Crippen LogP) is 4.50. The zero-order valence-electron chi connectivity index (χ0n) is 17.1. The third-order valence-corrected chi connectivity index (χ3v) is 7.87. The van der Waals surface area contributed by atoms with Crippen LogP contribution in [-0.4, -0.2) is 40.6 Å². The second-order valence-corrected chi connectivity index (χ2v) is 9.91. The van der Waals surface area contributed by atoms with Gasteiger partial charge in [-0.3, -0.25) is 9.67 Å². The summed E-state index contributed by atoms with van der Waals surface area (Å²) >= 11 is 6.13. The largest absolute Gasteiger partial charge is 0.269 e. The van der Waals surface area contributed by atoms with E-state index in [4.69, 9.17) is 16.6 Å². The van der Waals surface area contributed by atoms with E-state index in [9.17, 15) is 8.42 Å². The fourth-order valence-corrected chi connectivity index (χ4v) is 5.90. The molecule has 0 radical (unpaired) electrons. The molecule has 0 spiro atoms. The van der Waals surface area contributed by atoms with Crippen molar-refractivity contribution in [1.82, 2.24) is 19.1 Å². The quantitative estimate of drug-likeness (QED) is 0.581. The fourth-order valence-electron chi connectivity index (χ4n) is 4.03. The van der Waals surface area contributed by atoms with Gasteiger partial charge in [-0.2, -0.15) is 9.40 Å². The minimum absolute atomic E-state index is 0.0502. The molecule has 0 unspecified atom stereocenters. The molecule has 1 fully saturated rings. The average molecular weight is 445 g/mol. The summed E-state index contributed by atoms with van der Waals surface area (Å²) in [5.74, 6) is 0.0502. The van der Waals surface area contributed by atoms with Crippen molar-refractivity contribution in [3.8, 4) is 11.3 Å². The van der Waals surface area contributed by atoms with E-state index in [1.807, 2.05) is 49.4 Å². The van der Waals surface area contributed by atoms with E-state index in [0.29, 0.717) is 35.2 Å². The summed E-state index contributed by atoms with van der Waals surface area (Å²) in [7, 11) is -3.59. The Balaban J connectivity index is 1.60. The van der Waals surface area contributed by atoms with Crippen molar-refractivity contribution in [3.05, 3.63) is 65.1 Å². The van der Waals surface area contributed by atoms with Gasteiger partial charge in [-0.25, -0.2) is 8.42 Å². The molecule has 8 heteroatoms. The SMILES string of the molecule is CCn1ncc(S(=O)(=O)N2CCC[C@H](c3cccc(-c4cccc(Cl)c4)n3)C2)c1C. The van der Waals surface area contributed by atoms with Crippen LogP contribution in [0.2, 0.25) is 5.02 Å². The highest BCUT2D eigenvalue weighted by atomic mass is 35.5. The number of aryl methyl sites for hydroxylation is 1. The lowest BCUT2D eigenvalue weighted by atomic mass is 9.95. The first-order valence-electron chi connectivity index (χ1n) is 10.2. The van der Waals surface area contributed by atoms with Crippen LogP contribution in [0.3, 0.4) is 0 Å². The van der Waals surface area contributed by atoms with E-state index < -0.39 is 10.0 Å². The number of benzene rings is 1. The monoisotopic (exact) mass is 444 g/mol. The second-order valence-electron chi connectivity index (χ2n) is 7.57. The lowest BCUT2D eigenvalue weighted by Crippen LogP contribution is -2.39. The van der Waals surface area contributed by atoms with Gasteiger partial charge in [-0.15, -0.1) is 0 Å². The number of sulfonamides is 1. The third kappa shape index (κ3) is 4.02. The summed E-state index contributed by atoms with van der Waals surface area (Å²) in [6, 6.07) is 13.5. The molecule has 1 aliphatic heterocycles. The maximum Gasteiger partial charge on any atom is 0.246 e. The Morgan fingerprint density at radius 2 is 2.00 bits per heavy atom. The summed E-state index contributed by atoms with van der Waals surface area (Å²) < 4.78 is 29.9. The lowest BCUT2D eigenvalue weighted by molar-refractivity contribution is 0.312. The molecular formula is C22H25ClN4O2S. The van der Waals surface area contributed by atoms with Crippen molar-refractivity contribution < 1.29 is 8.42 Å². The number of piperidine rings is 1. The number of nitrogens with zero attached hydrogens (tertiary/aromatic N) is 4. The predicted molar refractivity (Wildman–Crippen MR) is 118 cm³/mol. The highest BCUT2D eigenvalue weighted by molar-refractivity contribution is 7.89. The van der Waals surface area contributed by atoms with Gasteiger partial charge >= 0.3 is 0 Å². The summed E-state index contributed by atoms with van der Waals surface area (Å²) in [4.78, 5) is 5.13. The Labute approximate surface area is 182 Å². The number of aromatic nitrogens is 3. The standard InChI is InChI=1S/C22H25ClN4O2S/c1-3-27-16(2)22(14-24-27)30(28,29)26-12-6-8-18(15-26)21-11-5-10-20(25-21)17-7-4-9-19(23)13-17/h4-5,7,9-11,13-14,18H,3,6,8,12,15H2,1-2H3/t18-/m0/s1. The van der Waals surface area contributed by atoms with Gasteiger partial charge in [0.1, 0.15) is 4.90 Å². The normalized spacial score (nSPS) is 17.9. The second kappa shape index (κ2) is 8.49.